The van der Waals surface area contributed by atoms with Gasteiger partial charge in [0.15, 0.2) is 5.75 Å². The van der Waals surface area contributed by atoms with Crippen molar-refractivity contribution in [1.82, 2.24) is 5.32 Å². The Morgan fingerprint density at radius 3 is 2.41 bits per heavy atom. The molecule has 0 heterocycles. The van der Waals surface area contributed by atoms with Gasteiger partial charge in [-0.1, -0.05) is 42.6 Å². The van der Waals surface area contributed by atoms with Gasteiger partial charge in [0.1, 0.15) is 0 Å². The third-order valence-corrected chi connectivity index (χ3v) is 2.97. The smallest absolute Gasteiger partial charge is 0.156 e. The predicted octanol–water partition coefficient (Wildman–Crippen LogP) is 4.15. The Kier molecular flexibility index (Phi) is 7.41. The molecule has 2 nitrogen and oxygen atoms in total. The van der Waals surface area contributed by atoms with E-state index >= 15 is 0 Å². The second-order valence-electron chi connectivity index (χ2n) is 3.86. The highest BCUT2D eigenvalue weighted by atomic mass is 35.5. The Hall–Kier alpha value is -0.440. The first-order chi connectivity index (χ1) is 8.25. The lowest BCUT2D eigenvalue weighted by molar-refractivity contribution is 0.308. The van der Waals surface area contributed by atoms with E-state index in [1.165, 1.54) is 12.8 Å². The lowest BCUT2D eigenvalue weighted by Crippen LogP contribution is -2.18. The summed E-state index contributed by atoms with van der Waals surface area (Å²) in [6.07, 6.45) is 3.39. The zero-order valence-corrected chi connectivity index (χ0v) is 11.7. The van der Waals surface area contributed by atoms with Crippen LogP contribution in [0.15, 0.2) is 18.2 Å². The van der Waals surface area contributed by atoms with E-state index in [2.05, 4.69) is 12.2 Å². The number of unbranched alkanes of at least 4 members (excludes halogenated alkanes) is 1. The minimum Gasteiger partial charge on any atom is -0.490 e. The molecular formula is C13H19Cl2NO. The van der Waals surface area contributed by atoms with Gasteiger partial charge in [0, 0.05) is 0 Å². The Balaban J connectivity index is 2.18. The molecule has 0 saturated heterocycles. The predicted molar refractivity (Wildman–Crippen MR) is 74.4 cm³/mol. The monoisotopic (exact) mass is 275 g/mol. The molecule has 0 aromatic heterocycles. The summed E-state index contributed by atoms with van der Waals surface area (Å²) < 4.78 is 5.57. The molecule has 1 aromatic carbocycles. The highest BCUT2D eigenvalue weighted by molar-refractivity contribution is 6.37. The minimum absolute atomic E-state index is 0.566. The van der Waals surface area contributed by atoms with E-state index in [-0.39, 0.29) is 0 Å². The lowest BCUT2D eigenvalue weighted by Gasteiger charge is -2.09. The second kappa shape index (κ2) is 8.62. The number of hydrogen-bond donors (Lipinski definition) is 1. The number of halogens is 2. The summed E-state index contributed by atoms with van der Waals surface area (Å²) in [6.45, 7) is 4.85. The molecule has 96 valence electrons. The maximum Gasteiger partial charge on any atom is 0.156 e. The molecule has 0 amide bonds. The summed E-state index contributed by atoms with van der Waals surface area (Å²) in [5.74, 6) is 0.587. The van der Waals surface area contributed by atoms with Gasteiger partial charge in [-0.15, -0.1) is 0 Å². The van der Waals surface area contributed by atoms with Gasteiger partial charge >= 0.3 is 0 Å². The average Bonchev–Trinajstić information content (AvgIpc) is 2.31. The fourth-order valence-electron chi connectivity index (χ4n) is 1.42. The summed E-state index contributed by atoms with van der Waals surface area (Å²) in [5, 5.41) is 4.49. The quantitative estimate of drug-likeness (QED) is 0.720. The minimum atomic E-state index is 0.566. The average molecular weight is 276 g/mol. The van der Waals surface area contributed by atoms with Crippen LogP contribution in [0.25, 0.3) is 0 Å². The van der Waals surface area contributed by atoms with E-state index in [9.17, 15) is 0 Å². The van der Waals surface area contributed by atoms with Crippen molar-refractivity contribution in [2.45, 2.75) is 26.2 Å². The standard InChI is InChI=1S/C13H19Cl2NO/c1-2-3-8-16-9-5-10-17-13-11(14)6-4-7-12(13)15/h4,6-7,16H,2-3,5,8-10H2,1H3. The fourth-order valence-corrected chi connectivity index (χ4v) is 1.93. The van der Waals surface area contributed by atoms with E-state index in [4.69, 9.17) is 27.9 Å². The van der Waals surface area contributed by atoms with Gasteiger partial charge in [-0.3, -0.25) is 0 Å². The number of hydrogen-bond acceptors (Lipinski definition) is 2. The van der Waals surface area contributed by atoms with Crippen LogP contribution in [-0.4, -0.2) is 19.7 Å². The van der Waals surface area contributed by atoms with Crippen LogP contribution in [0.1, 0.15) is 26.2 Å². The summed E-state index contributed by atoms with van der Waals surface area (Å²) in [4.78, 5) is 0. The molecule has 0 saturated carbocycles. The van der Waals surface area contributed by atoms with Crippen LogP contribution in [0.5, 0.6) is 5.75 Å². The largest absolute Gasteiger partial charge is 0.490 e. The van der Waals surface area contributed by atoms with Crippen molar-refractivity contribution >= 4 is 23.2 Å². The number of rotatable bonds is 8. The highest BCUT2D eigenvalue weighted by Gasteiger charge is 2.05. The first kappa shape index (κ1) is 14.6. The summed E-state index contributed by atoms with van der Waals surface area (Å²) in [6, 6.07) is 5.37. The topological polar surface area (TPSA) is 21.3 Å². The van der Waals surface area contributed by atoms with Gasteiger partial charge < -0.3 is 10.1 Å². The van der Waals surface area contributed by atoms with Crippen molar-refractivity contribution in [3.05, 3.63) is 28.2 Å². The number of para-hydroxylation sites is 1. The van der Waals surface area contributed by atoms with E-state index < -0.39 is 0 Å². The first-order valence-corrected chi connectivity index (χ1v) is 6.78. The summed E-state index contributed by atoms with van der Waals surface area (Å²) in [5.41, 5.74) is 0. The summed E-state index contributed by atoms with van der Waals surface area (Å²) in [7, 11) is 0. The third kappa shape index (κ3) is 5.62. The Morgan fingerprint density at radius 2 is 1.76 bits per heavy atom. The molecular weight excluding hydrogens is 257 g/mol. The lowest BCUT2D eigenvalue weighted by atomic mass is 10.3. The number of benzene rings is 1. The SMILES string of the molecule is CCCCNCCCOc1c(Cl)cccc1Cl. The maximum atomic E-state index is 5.99. The molecule has 1 aromatic rings. The van der Waals surface area contributed by atoms with Crippen molar-refractivity contribution in [2.24, 2.45) is 0 Å². The fraction of sp³-hybridized carbons (Fsp3) is 0.538. The maximum absolute atomic E-state index is 5.99. The van der Waals surface area contributed by atoms with Crippen molar-refractivity contribution in [2.75, 3.05) is 19.7 Å². The van der Waals surface area contributed by atoms with Crippen LogP contribution in [-0.2, 0) is 0 Å². The van der Waals surface area contributed by atoms with Gasteiger partial charge in [-0.25, -0.2) is 0 Å². The Morgan fingerprint density at radius 1 is 1.12 bits per heavy atom. The molecule has 0 unspecified atom stereocenters. The molecule has 0 atom stereocenters. The molecule has 0 spiro atoms. The molecule has 17 heavy (non-hydrogen) atoms. The summed E-state index contributed by atoms with van der Waals surface area (Å²) >= 11 is 12.0. The zero-order valence-electron chi connectivity index (χ0n) is 10.1. The molecule has 0 aliphatic heterocycles. The normalized spacial score (nSPS) is 10.5. The molecule has 0 aliphatic rings. The van der Waals surface area contributed by atoms with Crippen molar-refractivity contribution < 1.29 is 4.74 Å². The Labute approximate surface area is 113 Å². The van der Waals surface area contributed by atoms with Crippen molar-refractivity contribution in [3.63, 3.8) is 0 Å². The number of ether oxygens (including phenoxy) is 1. The van der Waals surface area contributed by atoms with E-state index in [1.54, 1.807) is 12.1 Å². The zero-order chi connectivity index (χ0) is 12.5. The van der Waals surface area contributed by atoms with Crippen LogP contribution in [0, 0.1) is 0 Å². The van der Waals surface area contributed by atoms with Crippen LogP contribution < -0.4 is 10.1 Å². The van der Waals surface area contributed by atoms with Crippen LogP contribution in [0.3, 0.4) is 0 Å². The van der Waals surface area contributed by atoms with Crippen molar-refractivity contribution in [1.29, 1.82) is 0 Å². The Bertz CT molecular complexity index is 311. The molecule has 0 fully saturated rings. The van der Waals surface area contributed by atoms with Gasteiger partial charge in [0.2, 0.25) is 0 Å². The molecule has 0 radical (unpaired) electrons. The van der Waals surface area contributed by atoms with Gasteiger partial charge in [-0.05, 0) is 38.1 Å². The first-order valence-electron chi connectivity index (χ1n) is 6.03. The van der Waals surface area contributed by atoms with Crippen LogP contribution in [0.4, 0.5) is 0 Å². The van der Waals surface area contributed by atoms with Gasteiger partial charge in [0.25, 0.3) is 0 Å². The van der Waals surface area contributed by atoms with Gasteiger partial charge in [-0.2, -0.15) is 0 Å². The molecule has 1 N–H and O–H groups in total. The highest BCUT2D eigenvalue weighted by Crippen LogP contribution is 2.32. The van der Waals surface area contributed by atoms with Crippen molar-refractivity contribution in [3.8, 4) is 5.75 Å². The number of nitrogens with one attached hydrogen (secondary N) is 1. The van der Waals surface area contributed by atoms with E-state index in [1.807, 2.05) is 6.07 Å². The van der Waals surface area contributed by atoms with Gasteiger partial charge in [0.05, 0.1) is 16.7 Å². The molecule has 0 aliphatic carbocycles. The van der Waals surface area contributed by atoms with Crippen LogP contribution >= 0.6 is 23.2 Å². The second-order valence-corrected chi connectivity index (χ2v) is 4.67. The van der Waals surface area contributed by atoms with E-state index in [0.29, 0.717) is 22.4 Å². The van der Waals surface area contributed by atoms with E-state index in [0.717, 1.165) is 19.5 Å². The molecule has 0 bridgehead atoms. The van der Waals surface area contributed by atoms with Crippen LogP contribution in [0.2, 0.25) is 10.0 Å². The molecule has 4 heteroatoms. The molecule has 1 rings (SSSR count). The third-order valence-electron chi connectivity index (χ3n) is 2.37.